The van der Waals surface area contributed by atoms with Gasteiger partial charge in [-0.2, -0.15) is 0 Å². The van der Waals surface area contributed by atoms with E-state index in [1.165, 1.54) is 32.2 Å². The molecule has 0 aromatic heterocycles. The number of rotatable bonds is 4. The molecule has 0 bridgehead atoms. The summed E-state index contributed by atoms with van der Waals surface area (Å²) in [5.41, 5.74) is 0. The molecule has 17 heavy (non-hydrogen) atoms. The predicted molar refractivity (Wildman–Crippen MR) is 68.9 cm³/mol. The Morgan fingerprint density at radius 2 is 2.24 bits per heavy atom. The number of nitrogens with zero attached hydrogens (tertiary/aromatic N) is 1. The van der Waals surface area contributed by atoms with E-state index in [0.717, 1.165) is 25.9 Å². The summed E-state index contributed by atoms with van der Waals surface area (Å²) in [6, 6.07) is 0.764. The van der Waals surface area contributed by atoms with Gasteiger partial charge in [0.2, 0.25) is 5.91 Å². The Morgan fingerprint density at radius 3 is 3.00 bits per heavy atom. The van der Waals surface area contributed by atoms with Crippen LogP contribution in [0.15, 0.2) is 0 Å². The third-order valence-corrected chi connectivity index (χ3v) is 4.08. The van der Waals surface area contributed by atoms with Gasteiger partial charge in [0, 0.05) is 12.6 Å². The monoisotopic (exact) mass is 239 g/mol. The average molecular weight is 239 g/mol. The minimum atomic E-state index is 0.0534. The molecule has 2 aliphatic rings. The molecule has 98 valence electrons. The maximum absolute atomic E-state index is 11.6. The van der Waals surface area contributed by atoms with Crippen molar-refractivity contribution in [2.45, 2.75) is 50.6 Å². The summed E-state index contributed by atoms with van der Waals surface area (Å²) in [5, 5.41) is 6.32. The molecule has 4 nitrogen and oxygen atoms in total. The van der Waals surface area contributed by atoms with E-state index < -0.39 is 0 Å². The molecule has 0 spiro atoms. The van der Waals surface area contributed by atoms with Crippen LogP contribution in [0.1, 0.15) is 38.5 Å². The normalized spacial score (nSPS) is 31.2. The Morgan fingerprint density at radius 1 is 1.35 bits per heavy atom. The van der Waals surface area contributed by atoms with E-state index in [-0.39, 0.29) is 11.9 Å². The first-order valence-electron chi connectivity index (χ1n) is 6.98. The first-order valence-corrected chi connectivity index (χ1v) is 6.98. The second kappa shape index (κ2) is 6.36. The molecule has 2 heterocycles. The highest BCUT2D eigenvalue weighted by atomic mass is 16.2. The lowest BCUT2D eigenvalue weighted by Gasteiger charge is -2.33. The highest BCUT2D eigenvalue weighted by Gasteiger charge is 2.22. The van der Waals surface area contributed by atoms with Crippen molar-refractivity contribution in [2.24, 2.45) is 0 Å². The quantitative estimate of drug-likeness (QED) is 0.760. The van der Waals surface area contributed by atoms with Crippen LogP contribution < -0.4 is 10.6 Å². The van der Waals surface area contributed by atoms with E-state index >= 15 is 0 Å². The van der Waals surface area contributed by atoms with Crippen molar-refractivity contribution < 1.29 is 4.79 Å². The molecule has 2 unspecified atom stereocenters. The summed E-state index contributed by atoms with van der Waals surface area (Å²) in [7, 11) is 2.22. The van der Waals surface area contributed by atoms with Crippen LogP contribution in [0.4, 0.5) is 0 Å². The molecule has 0 aromatic rings. The van der Waals surface area contributed by atoms with Crippen molar-refractivity contribution in [1.29, 1.82) is 0 Å². The van der Waals surface area contributed by atoms with Crippen molar-refractivity contribution in [2.75, 3.05) is 26.7 Å². The number of hydrogen-bond donors (Lipinski definition) is 2. The molecule has 0 saturated carbocycles. The SMILES string of the molecule is CN1CCCCC1CCNC1CCCNC1=O. The lowest BCUT2D eigenvalue weighted by Crippen LogP contribution is -2.49. The van der Waals surface area contributed by atoms with Gasteiger partial charge in [0.15, 0.2) is 0 Å². The average Bonchev–Trinajstić information content (AvgIpc) is 2.34. The zero-order valence-electron chi connectivity index (χ0n) is 10.9. The van der Waals surface area contributed by atoms with E-state index in [4.69, 9.17) is 0 Å². The van der Waals surface area contributed by atoms with Gasteiger partial charge in [0.1, 0.15) is 0 Å². The molecule has 2 atom stereocenters. The standard InChI is InChI=1S/C13H25N3O/c1-16-10-3-2-5-11(16)7-9-14-12-6-4-8-15-13(12)17/h11-12,14H,2-10H2,1H3,(H,15,17). The van der Waals surface area contributed by atoms with Gasteiger partial charge >= 0.3 is 0 Å². The lowest BCUT2D eigenvalue weighted by atomic mass is 9.99. The lowest BCUT2D eigenvalue weighted by molar-refractivity contribution is -0.124. The molecular weight excluding hydrogens is 214 g/mol. The third kappa shape index (κ3) is 3.68. The molecule has 0 aliphatic carbocycles. The van der Waals surface area contributed by atoms with Crippen LogP contribution in [0.3, 0.4) is 0 Å². The molecular formula is C13H25N3O. The van der Waals surface area contributed by atoms with E-state index in [1.54, 1.807) is 0 Å². The number of nitrogens with one attached hydrogen (secondary N) is 2. The number of likely N-dealkylation sites (tertiary alicyclic amines) is 1. The van der Waals surface area contributed by atoms with Gasteiger partial charge in [-0.15, -0.1) is 0 Å². The van der Waals surface area contributed by atoms with Crippen molar-refractivity contribution in [3.05, 3.63) is 0 Å². The summed E-state index contributed by atoms with van der Waals surface area (Å²) in [6.07, 6.45) is 7.28. The summed E-state index contributed by atoms with van der Waals surface area (Å²) in [6.45, 7) is 3.05. The number of carbonyl (C=O) groups excluding carboxylic acids is 1. The Balaban J connectivity index is 1.66. The highest BCUT2D eigenvalue weighted by molar-refractivity contribution is 5.82. The van der Waals surface area contributed by atoms with Gasteiger partial charge in [-0.05, 0) is 52.2 Å². The fourth-order valence-corrected chi connectivity index (χ4v) is 2.90. The fraction of sp³-hybridized carbons (Fsp3) is 0.923. The summed E-state index contributed by atoms with van der Waals surface area (Å²) < 4.78 is 0. The molecule has 0 radical (unpaired) electrons. The minimum absolute atomic E-state index is 0.0534. The maximum Gasteiger partial charge on any atom is 0.237 e. The number of carbonyl (C=O) groups is 1. The maximum atomic E-state index is 11.6. The van der Waals surface area contributed by atoms with Gasteiger partial charge < -0.3 is 15.5 Å². The zero-order chi connectivity index (χ0) is 12.1. The van der Waals surface area contributed by atoms with Crippen LogP contribution in [-0.4, -0.2) is 49.6 Å². The van der Waals surface area contributed by atoms with E-state index in [9.17, 15) is 4.79 Å². The highest BCUT2D eigenvalue weighted by Crippen LogP contribution is 2.17. The van der Waals surface area contributed by atoms with E-state index in [0.29, 0.717) is 6.04 Å². The van der Waals surface area contributed by atoms with Crippen molar-refractivity contribution in [3.8, 4) is 0 Å². The molecule has 2 saturated heterocycles. The van der Waals surface area contributed by atoms with Gasteiger partial charge in [0.05, 0.1) is 6.04 Å². The van der Waals surface area contributed by atoms with Gasteiger partial charge in [-0.25, -0.2) is 0 Å². The van der Waals surface area contributed by atoms with Crippen LogP contribution in [0.25, 0.3) is 0 Å². The summed E-state index contributed by atoms with van der Waals surface area (Å²) in [4.78, 5) is 14.0. The van der Waals surface area contributed by atoms with Gasteiger partial charge in [-0.3, -0.25) is 4.79 Å². The Bertz CT molecular complexity index is 257. The molecule has 2 fully saturated rings. The topological polar surface area (TPSA) is 44.4 Å². The van der Waals surface area contributed by atoms with Crippen LogP contribution in [-0.2, 0) is 4.79 Å². The van der Waals surface area contributed by atoms with Gasteiger partial charge in [-0.1, -0.05) is 6.42 Å². The molecule has 1 amide bonds. The van der Waals surface area contributed by atoms with Crippen LogP contribution in [0.2, 0.25) is 0 Å². The smallest absolute Gasteiger partial charge is 0.237 e. The van der Waals surface area contributed by atoms with Crippen LogP contribution >= 0.6 is 0 Å². The van der Waals surface area contributed by atoms with Crippen molar-refractivity contribution in [1.82, 2.24) is 15.5 Å². The zero-order valence-corrected chi connectivity index (χ0v) is 10.9. The largest absolute Gasteiger partial charge is 0.355 e. The van der Waals surface area contributed by atoms with E-state index in [1.807, 2.05) is 0 Å². The predicted octanol–water partition coefficient (Wildman–Crippen LogP) is 0.729. The number of amides is 1. The molecule has 2 rings (SSSR count). The number of piperidine rings is 2. The van der Waals surface area contributed by atoms with E-state index in [2.05, 4.69) is 22.6 Å². The molecule has 0 aromatic carbocycles. The Kier molecular flexibility index (Phi) is 4.80. The first kappa shape index (κ1) is 12.8. The third-order valence-electron chi connectivity index (χ3n) is 4.08. The Hall–Kier alpha value is -0.610. The second-order valence-electron chi connectivity index (χ2n) is 5.36. The van der Waals surface area contributed by atoms with Crippen molar-refractivity contribution in [3.63, 3.8) is 0 Å². The van der Waals surface area contributed by atoms with Gasteiger partial charge in [0.25, 0.3) is 0 Å². The van der Waals surface area contributed by atoms with Crippen LogP contribution in [0, 0.1) is 0 Å². The second-order valence-corrected chi connectivity index (χ2v) is 5.36. The molecule has 4 heteroatoms. The van der Waals surface area contributed by atoms with Crippen molar-refractivity contribution >= 4 is 5.91 Å². The summed E-state index contributed by atoms with van der Waals surface area (Å²) >= 11 is 0. The van der Waals surface area contributed by atoms with Crippen LogP contribution in [0.5, 0.6) is 0 Å². The number of hydrogen-bond acceptors (Lipinski definition) is 3. The Labute approximate surface area is 104 Å². The fourth-order valence-electron chi connectivity index (χ4n) is 2.90. The molecule has 2 aliphatic heterocycles. The molecule has 2 N–H and O–H groups in total. The minimum Gasteiger partial charge on any atom is -0.355 e. The first-order chi connectivity index (χ1) is 8.27. The summed E-state index contributed by atoms with van der Waals surface area (Å²) in [5.74, 6) is 0.188.